The van der Waals surface area contributed by atoms with Crippen LogP contribution in [0.25, 0.3) is 30.3 Å². The fourth-order valence-corrected chi connectivity index (χ4v) is 9.96. The summed E-state index contributed by atoms with van der Waals surface area (Å²) < 4.78 is 20.1. The number of thiophene rings is 3. The maximum atomic E-state index is 11.9. The number of carboxylic acids is 1. The monoisotopic (exact) mass is 1000 g/mol. The molecule has 6 heterocycles. The van der Waals surface area contributed by atoms with E-state index >= 15 is 0 Å². The third-order valence-corrected chi connectivity index (χ3v) is 14.3. The predicted molar refractivity (Wildman–Crippen MR) is 269 cm³/mol. The van der Waals surface area contributed by atoms with Crippen LogP contribution < -0.4 is 5.32 Å². The first-order chi connectivity index (χ1) is 31.9. The molecule has 366 valence electrons. The first kappa shape index (κ1) is 54.3. The number of halogens is 1. The lowest BCUT2D eigenvalue weighted by molar-refractivity contribution is -0.142. The number of amides is 1. The molecule has 3 aliphatic rings. The summed E-state index contributed by atoms with van der Waals surface area (Å²) >= 11 is 5.22. The van der Waals surface area contributed by atoms with E-state index in [-0.39, 0.29) is 50.7 Å². The summed E-state index contributed by atoms with van der Waals surface area (Å²) in [5.41, 5.74) is 3.70. The molecule has 6 atom stereocenters. The van der Waals surface area contributed by atoms with Crippen LogP contribution in [0.1, 0.15) is 23.6 Å². The van der Waals surface area contributed by atoms with Gasteiger partial charge in [0.25, 0.3) is 0 Å². The number of likely N-dealkylation sites (tertiary alicyclic amines) is 2. The Morgan fingerprint density at radius 1 is 0.582 bits per heavy atom. The molecule has 3 fully saturated rings. The number of aliphatic carboxylic acids is 1. The molecule has 3 aromatic heterocycles. The highest BCUT2D eigenvalue weighted by Gasteiger charge is 2.32. The molecule has 14 nitrogen and oxygen atoms in total. The molecule has 6 aromatic rings. The number of nitrogens with zero attached hydrogens (tertiary/aromatic N) is 2. The zero-order valence-electron chi connectivity index (χ0n) is 37.7. The number of ether oxygens (including phenoxy) is 3. The van der Waals surface area contributed by atoms with Gasteiger partial charge in [-0.2, -0.15) is 0 Å². The van der Waals surface area contributed by atoms with Gasteiger partial charge in [0, 0.05) is 59.9 Å². The molecule has 18 heteroatoms. The van der Waals surface area contributed by atoms with Gasteiger partial charge < -0.3 is 55.1 Å². The number of aliphatic hydroxyl groups excluding tert-OH is 5. The highest BCUT2D eigenvalue weighted by Crippen LogP contribution is 2.24. The van der Waals surface area contributed by atoms with Gasteiger partial charge in [-0.1, -0.05) is 43.3 Å². The second kappa shape index (κ2) is 28.1. The molecule has 3 saturated heterocycles. The molecule has 3 aliphatic heterocycles. The van der Waals surface area contributed by atoms with E-state index in [2.05, 4.69) is 106 Å². The number of hydrogen-bond acceptors (Lipinski definition) is 15. The van der Waals surface area contributed by atoms with Crippen molar-refractivity contribution in [1.82, 2.24) is 15.1 Å². The first-order valence-corrected chi connectivity index (χ1v) is 25.0. The van der Waals surface area contributed by atoms with Crippen molar-refractivity contribution in [2.24, 2.45) is 5.92 Å². The fourth-order valence-electron chi connectivity index (χ4n) is 7.65. The van der Waals surface area contributed by atoms with Crippen LogP contribution in [0.4, 0.5) is 0 Å². The molecule has 67 heavy (non-hydrogen) atoms. The molecule has 0 spiro atoms. The van der Waals surface area contributed by atoms with Crippen molar-refractivity contribution in [2.75, 3.05) is 85.5 Å². The number of nitrogens with one attached hydrogen (secondary N) is 1. The zero-order valence-corrected chi connectivity index (χ0v) is 41.0. The van der Waals surface area contributed by atoms with Gasteiger partial charge in [-0.25, -0.2) is 4.79 Å². The number of benzene rings is 3. The number of β-amino-alcohol motifs (C(OH)–C–C–N with tert-alkyl or cyclic N) is 5. The van der Waals surface area contributed by atoms with Gasteiger partial charge in [-0.15, -0.1) is 46.4 Å². The molecule has 1 amide bonds. The van der Waals surface area contributed by atoms with Gasteiger partial charge in [0.15, 0.2) is 0 Å². The van der Waals surface area contributed by atoms with E-state index in [1.807, 2.05) is 0 Å². The molecule has 9 rings (SSSR count). The number of rotatable bonds is 16. The Kier molecular flexibility index (Phi) is 22.8. The Morgan fingerprint density at radius 3 is 1.43 bits per heavy atom. The van der Waals surface area contributed by atoms with Gasteiger partial charge in [0.1, 0.15) is 13.2 Å². The minimum atomic E-state index is -0.923. The number of carboxylic acid groups (broad SMARTS) is 1. The smallest absolute Gasteiger partial charge is 0.329 e. The maximum absolute atomic E-state index is 11.9. The lowest BCUT2D eigenvalue weighted by Gasteiger charge is -2.15. The molecule has 0 radical (unpaired) electrons. The fraction of sp³-hybridized carbons (Fsp3) is 0.469. The van der Waals surface area contributed by atoms with Crippen LogP contribution in [0.5, 0.6) is 0 Å². The molecular weight excluding hydrogens is 938 g/mol. The van der Waals surface area contributed by atoms with E-state index in [1.165, 1.54) is 51.8 Å². The summed E-state index contributed by atoms with van der Waals surface area (Å²) in [5, 5.41) is 67.2. The quantitative estimate of drug-likeness (QED) is 0.0635. The third kappa shape index (κ3) is 17.7. The molecule has 0 bridgehead atoms. The molecule has 0 saturated carbocycles. The van der Waals surface area contributed by atoms with E-state index in [9.17, 15) is 24.9 Å². The summed E-state index contributed by atoms with van der Waals surface area (Å²) in [6.07, 6.45) is -0.473. The van der Waals surface area contributed by atoms with Gasteiger partial charge in [-0.05, 0) is 111 Å². The summed E-state index contributed by atoms with van der Waals surface area (Å²) in [7, 11) is 0. The van der Waals surface area contributed by atoms with Crippen LogP contribution in [0.2, 0.25) is 0 Å². The standard InChI is InChI=1S/C17H23NO2S.C16H19NO4S.C12H12O3S.C4H9NO2.ClH/c1-13-11-18(12-16(13)19)6-8-20-7-4-14-2-3-17-15(10-14)5-9-21-17;18-13-8-17(9-14(13)19)16(20)10-21-5-3-11-1-2-15-12(7-11)4-6-22-15;13-12(14)8-15-5-3-9-1-2-11-10(7-9)4-6-16-11;6-3-1-5-2-4(3)7;/h2-3,5,9-10,13,16,19H,4,6-8,11-12H2,1H3;1-2,4,6-7,13-14,18-19H,3,5,8-10H2;1-2,4,6-7H,3,5,8H2,(H,13,14);3-7H,1-2H2;1H/t13-,16-;13-,14-;;3-,4-;/m11.1./s1. The van der Waals surface area contributed by atoms with Gasteiger partial charge in [0.05, 0.1) is 56.9 Å². The molecule has 0 aliphatic carbocycles. The Bertz CT molecular complexity index is 2370. The first-order valence-electron chi connectivity index (χ1n) is 22.4. The largest absolute Gasteiger partial charge is 0.480 e. The van der Waals surface area contributed by atoms with Crippen molar-refractivity contribution in [2.45, 2.75) is 56.7 Å². The minimum absolute atomic E-state index is 0. The zero-order chi connectivity index (χ0) is 46.8. The number of aliphatic hydroxyl groups is 5. The van der Waals surface area contributed by atoms with Crippen LogP contribution in [0.15, 0.2) is 88.9 Å². The second-order valence-electron chi connectivity index (χ2n) is 16.8. The highest BCUT2D eigenvalue weighted by molar-refractivity contribution is 7.17. The van der Waals surface area contributed by atoms with Crippen molar-refractivity contribution < 1.29 is 54.4 Å². The lowest BCUT2D eigenvalue weighted by Crippen LogP contribution is -2.33. The van der Waals surface area contributed by atoms with Crippen LogP contribution in [-0.2, 0) is 43.1 Å². The molecule has 0 unspecified atom stereocenters. The van der Waals surface area contributed by atoms with Crippen molar-refractivity contribution in [1.29, 1.82) is 0 Å². The summed E-state index contributed by atoms with van der Waals surface area (Å²) in [6.45, 7) is 8.42. The van der Waals surface area contributed by atoms with Crippen molar-refractivity contribution in [3.05, 3.63) is 106 Å². The van der Waals surface area contributed by atoms with E-state index in [0.717, 1.165) is 52.1 Å². The van der Waals surface area contributed by atoms with Crippen LogP contribution in [0.3, 0.4) is 0 Å². The van der Waals surface area contributed by atoms with E-state index < -0.39 is 30.4 Å². The summed E-state index contributed by atoms with van der Waals surface area (Å²) in [4.78, 5) is 25.8. The van der Waals surface area contributed by atoms with Crippen LogP contribution in [0, 0.1) is 5.92 Å². The summed E-state index contributed by atoms with van der Waals surface area (Å²) in [5.74, 6) is -0.723. The minimum Gasteiger partial charge on any atom is -0.480 e. The number of carbonyl (C=O) groups excluding carboxylic acids is 1. The number of fused-ring (bicyclic) bond motifs is 3. The van der Waals surface area contributed by atoms with E-state index in [0.29, 0.717) is 32.2 Å². The van der Waals surface area contributed by atoms with Crippen LogP contribution in [-0.4, -0.2) is 168 Å². The Labute approximate surface area is 409 Å². The van der Waals surface area contributed by atoms with Gasteiger partial charge in [-0.3, -0.25) is 9.69 Å². The second-order valence-corrected chi connectivity index (χ2v) is 19.6. The number of hydrogen-bond donors (Lipinski definition) is 7. The normalized spacial score (nSPS) is 21.3. The van der Waals surface area contributed by atoms with Crippen molar-refractivity contribution in [3.63, 3.8) is 0 Å². The molecule has 3 aromatic carbocycles. The average molecular weight is 1000 g/mol. The maximum Gasteiger partial charge on any atom is 0.329 e. The van der Waals surface area contributed by atoms with E-state index in [1.54, 1.807) is 34.0 Å². The topological polar surface area (TPSA) is 202 Å². The van der Waals surface area contributed by atoms with Crippen molar-refractivity contribution in [3.8, 4) is 0 Å². The van der Waals surface area contributed by atoms with Crippen molar-refractivity contribution >= 4 is 88.6 Å². The Hall–Kier alpha value is -3.63. The highest BCUT2D eigenvalue weighted by atomic mass is 35.5. The summed E-state index contributed by atoms with van der Waals surface area (Å²) in [6, 6.07) is 25.6. The lowest BCUT2D eigenvalue weighted by atomic mass is 10.1. The van der Waals surface area contributed by atoms with Crippen LogP contribution >= 0.6 is 46.4 Å². The van der Waals surface area contributed by atoms with Gasteiger partial charge in [0.2, 0.25) is 5.91 Å². The average Bonchev–Trinajstić information content (AvgIpc) is 4.19. The number of carbonyl (C=O) groups is 2. The molecule has 7 N–H and O–H groups in total. The SMILES string of the molecule is C[C@@H]1CN(CCOCCc2ccc3sccc3c2)C[C@H]1O.Cl.O=C(COCCc1ccc2sccc2c1)N1C[C@@H](O)[C@H](O)C1.O=C(O)COCCc1ccc2sccc2c1.O[C@@H]1CNC[C@H]1O. The van der Waals surface area contributed by atoms with E-state index in [4.69, 9.17) is 29.5 Å². The Balaban J connectivity index is 0.000000176. The Morgan fingerprint density at radius 2 is 1.03 bits per heavy atom. The van der Waals surface area contributed by atoms with Gasteiger partial charge >= 0.3 is 5.97 Å². The third-order valence-electron chi connectivity index (χ3n) is 11.6. The predicted octanol–water partition coefficient (Wildman–Crippen LogP) is 5.08. The molecular formula is C49H64ClN3O11S3.